The number of rotatable bonds is 3. The number of hydrogen-bond acceptors (Lipinski definition) is 3. The van der Waals surface area contributed by atoms with E-state index >= 15 is 0 Å². The van der Waals surface area contributed by atoms with Crippen molar-refractivity contribution in [3.63, 3.8) is 0 Å². The first-order chi connectivity index (χ1) is 7.81. The molecule has 17 heavy (non-hydrogen) atoms. The van der Waals surface area contributed by atoms with Gasteiger partial charge < -0.3 is 9.84 Å². The second-order valence-electron chi connectivity index (χ2n) is 4.96. The molecule has 1 fully saturated rings. The largest absolute Gasteiger partial charge is 0.463 e. The van der Waals surface area contributed by atoms with Crippen molar-refractivity contribution < 1.29 is 14.6 Å². The Hall–Kier alpha value is -1.27. The Morgan fingerprint density at radius 1 is 1.59 bits per heavy atom. The molecule has 0 aliphatic heterocycles. The quantitative estimate of drug-likeness (QED) is 0.463. The summed E-state index contributed by atoms with van der Waals surface area (Å²) in [5.74, 6) is 5.27. The van der Waals surface area contributed by atoms with E-state index in [0.29, 0.717) is 12.2 Å². The SMILES string of the molecule is CCOC(=O)/C=C(/C)C#CC(C)(O)C1(C)CC1. The van der Waals surface area contributed by atoms with E-state index in [1.54, 1.807) is 20.8 Å². The Balaban J connectivity index is 2.68. The molecule has 3 nitrogen and oxygen atoms in total. The van der Waals surface area contributed by atoms with Crippen LogP contribution in [0.3, 0.4) is 0 Å². The summed E-state index contributed by atoms with van der Waals surface area (Å²) in [4.78, 5) is 11.2. The fraction of sp³-hybridized carbons (Fsp3) is 0.643. The van der Waals surface area contributed by atoms with Crippen molar-refractivity contribution in [1.29, 1.82) is 0 Å². The molecule has 1 aliphatic rings. The highest BCUT2D eigenvalue weighted by Gasteiger charge is 2.51. The van der Waals surface area contributed by atoms with Crippen LogP contribution < -0.4 is 0 Å². The van der Waals surface area contributed by atoms with Crippen LogP contribution in [0.15, 0.2) is 11.6 Å². The van der Waals surface area contributed by atoms with Gasteiger partial charge in [0.05, 0.1) is 6.61 Å². The Bertz CT molecular complexity index is 389. The predicted molar refractivity (Wildman–Crippen MR) is 66.1 cm³/mol. The summed E-state index contributed by atoms with van der Waals surface area (Å²) in [7, 11) is 0. The molecule has 3 heteroatoms. The molecule has 0 aromatic heterocycles. The number of esters is 1. The maximum Gasteiger partial charge on any atom is 0.331 e. The summed E-state index contributed by atoms with van der Waals surface area (Å²) >= 11 is 0. The van der Waals surface area contributed by atoms with E-state index < -0.39 is 11.6 Å². The lowest BCUT2D eigenvalue weighted by Gasteiger charge is -2.24. The first kappa shape index (κ1) is 13.8. The number of carbonyl (C=O) groups excluding carboxylic acids is 1. The van der Waals surface area contributed by atoms with Gasteiger partial charge in [0.2, 0.25) is 0 Å². The Morgan fingerprint density at radius 2 is 2.18 bits per heavy atom. The van der Waals surface area contributed by atoms with Crippen molar-refractivity contribution in [1.82, 2.24) is 0 Å². The van der Waals surface area contributed by atoms with Gasteiger partial charge in [0.1, 0.15) is 5.60 Å². The van der Waals surface area contributed by atoms with Crippen molar-refractivity contribution in [3.05, 3.63) is 11.6 Å². The lowest BCUT2D eigenvalue weighted by Crippen LogP contribution is -2.32. The number of allylic oxidation sites excluding steroid dienone is 1. The Morgan fingerprint density at radius 3 is 2.65 bits per heavy atom. The highest BCUT2D eigenvalue weighted by atomic mass is 16.5. The summed E-state index contributed by atoms with van der Waals surface area (Å²) in [6, 6.07) is 0. The van der Waals surface area contributed by atoms with Crippen molar-refractivity contribution in [2.75, 3.05) is 6.61 Å². The first-order valence-corrected chi connectivity index (χ1v) is 5.91. The second-order valence-corrected chi connectivity index (χ2v) is 4.96. The van der Waals surface area contributed by atoms with Crippen molar-refractivity contribution in [2.45, 2.75) is 46.1 Å². The van der Waals surface area contributed by atoms with Gasteiger partial charge in [-0.3, -0.25) is 0 Å². The third kappa shape index (κ3) is 3.61. The highest BCUT2D eigenvalue weighted by Crippen LogP contribution is 2.53. The average Bonchev–Trinajstić information content (AvgIpc) is 2.96. The van der Waals surface area contributed by atoms with Gasteiger partial charge in [-0.1, -0.05) is 18.8 Å². The molecule has 0 saturated heterocycles. The molecule has 1 N–H and O–H groups in total. The summed E-state index contributed by atoms with van der Waals surface area (Å²) < 4.78 is 4.78. The molecular weight excluding hydrogens is 216 g/mol. The average molecular weight is 236 g/mol. The van der Waals surface area contributed by atoms with Crippen LogP contribution in [0.25, 0.3) is 0 Å². The Kier molecular flexibility index (Phi) is 4.00. The number of aliphatic hydroxyl groups is 1. The lowest BCUT2D eigenvalue weighted by atomic mass is 9.88. The molecule has 0 amide bonds. The van der Waals surface area contributed by atoms with Crippen LogP contribution in [-0.2, 0) is 9.53 Å². The fourth-order valence-corrected chi connectivity index (χ4v) is 1.44. The molecule has 0 radical (unpaired) electrons. The van der Waals surface area contributed by atoms with E-state index in [1.165, 1.54) is 6.08 Å². The van der Waals surface area contributed by atoms with Gasteiger partial charge in [0.25, 0.3) is 0 Å². The maximum atomic E-state index is 11.2. The fourth-order valence-electron chi connectivity index (χ4n) is 1.44. The van der Waals surface area contributed by atoms with Crippen molar-refractivity contribution >= 4 is 5.97 Å². The van der Waals surface area contributed by atoms with Gasteiger partial charge in [0, 0.05) is 17.1 Å². The minimum absolute atomic E-state index is 0.0930. The van der Waals surface area contributed by atoms with Crippen LogP contribution in [0.5, 0.6) is 0 Å². The van der Waals surface area contributed by atoms with Crippen LogP contribution in [-0.4, -0.2) is 23.3 Å². The van der Waals surface area contributed by atoms with E-state index in [4.69, 9.17) is 4.74 Å². The minimum Gasteiger partial charge on any atom is -0.463 e. The molecule has 1 saturated carbocycles. The van der Waals surface area contributed by atoms with Gasteiger partial charge in [-0.2, -0.15) is 0 Å². The number of ether oxygens (including phenoxy) is 1. The van der Waals surface area contributed by atoms with Crippen LogP contribution >= 0.6 is 0 Å². The summed E-state index contributed by atoms with van der Waals surface area (Å²) in [6.45, 7) is 7.59. The van der Waals surface area contributed by atoms with Crippen LogP contribution in [0, 0.1) is 17.3 Å². The van der Waals surface area contributed by atoms with Gasteiger partial charge >= 0.3 is 5.97 Å². The van der Waals surface area contributed by atoms with Crippen LogP contribution in [0.2, 0.25) is 0 Å². The zero-order valence-electron chi connectivity index (χ0n) is 11.0. The molecule has 1 atom stereocenters. The van der Waals surface area contributed by atoms with E-state index in [2.05, 4.69) is 11.8 Å². The van der Waals surface area contributed by atoms with Gasteiger partial charge in [-0.25, -0.2) is 4.79 Å². The zero-order valence-corrected chi connectivity index (χ0v) is 11.0. The van der Waals surface area contributed by atoms with Crippen LogP contribution in [0.4, 0.5) is 0 Å². The summed E-state index contributed by atoms with van der Waals surface area (Å²) in [5.41, 5.74) is -0.478. The molecular formula is C14H20O3. The Labute approximate surface area is 103 Å². The molecule has 0 aromatic rings. The topological polar surface area (TPSA) is 46.5 Å². The molecule has 0 heterocycles. The minimum atomic E-state index is -0.989. The molecule has 94 valence electrons. The van der Waals surface area contributed by atoms with Gasteiger partial charge in [0.15, 0.2) is 0 Å². The van der Waals surface area contributed by atoms with Crippen molar-refractivity contribution in [3.8, 4) is 11.8 Å². The standard InChI is InChI=1S/C14H20O3/c1-5-17-12(15)10-11(2)6-7-14(4,16)13(3)8-9-13/h10,16H,5,8-9H2,1-4H3/b11-10-. The third-order valence-electron chi connectivity index (χ3n) is 3.30. The maximum absolute atomic E-state index is 11.2. The molecule has 1 aliphatic carbocycles. The third-order valence-corrected chi connectivity index (χ3v) is 3.30. The molecule has 1 rings (SSSR count). The zero-order chi connectivity index (χ0) is 13.1. The summed E-state index contributed by atoms with van der Waals surface area (Å²) in [6.07, 6.45) is 3.34. The molecule has 0 bridgehead atoms. The number of carbonyl (C=O) groups is 1. The van der Waals surface area contributed by atoms with Crippen LogP contribution in [0.1, 0.15) is 40.5 Å². The second kappa shape index (κ2) is 4.93. The highest BCUT2D eigenvalue weighted by molar-refractivity contribution is 5.83. The van der Waals surface area contributed by atoms with Crippen molar-refractivity contribution in [2.24, 2.45) is 5.41 Å². The van der Waals surface area contributed by atoms with E-state index in [9.17, 15) is 9.90 Å². The summed E-state index contributed by atoms with van der Waals surface area (Å²) in [5, 5.41) is 10.2. The molecule has 0 spiro atoms. The van der Waals surface area contributed by atoms with E-state index in [0.717, 1.165) is 12.8 Å². The van der Waals surface area contributed by atoms with E-state index in [1.807, 2.05) is 6.92 Å². The smallest absolute Gasteiger partial charge is 0.331 e. The number of hydrogen-bond donors (Lipinski definition) is 1. The monoisotopic (exact) mass is 236 g/mol. The predicted octanol–water partition coefficient (Wildman–Crippen LogP) is 2.05. The first-order valence-electron chi connectivity index (χ1n) is 5.91. The lowest BCUT2D eigenvalue weighted by molar-refractivity contribution is -0.137. The van der Waals surface area contributed by atoms with E-state index in [-0.39, 0.29) is 5.41 Å². The molecule has 0 aromatic carbocycles. The van der Waals surface area contributed by atoms with Gasteiger partial charge in [-0.15, -0.1) is 0 Å². The van der Waals surface area contributed by atoms with Gasteiger partial charge in [-0.05, 0) is 33.6 Å². The normalized spacial score (nSPS) is 20.9. The molecule has 1 unspecified atom stereocenters.